The van der Waals surface area contributed by atoms with Crippen LogP contribution in [0.2, 0.25) is 0 Å². The van der Waals surface area contributed by atoms with Crippen molar-refractivity contribution in [3.8, 4) is 5.75 Å². The maximum absolute atomic E-state index is 12.8. The summed E-state index contributed by atoms with van der Waals surface area (Å²) in [5.41, 5.74) is 2.35. The molecule has 1 aromatic heterocycles. The molecule has 1 unspecified atom stereocenters. The van der Waals surface area contributed by atoms with Gasteiger partial charge in [0.25, 0.3) is 0 Å². The third-order valence-electron chi connectivity index (χ3n) is 5.95. The van der Waals surface area contributed by atoms with Crippen LogP contribution in [0, 0.1) is 0 Å². The lowest BCUT2D eigenvalue weighted by Crippen LogP contribution is -2.35. The Morgan fingerprint density at radius 3 is 2.53 bits per heavy atom. The molecule has 6 heteroatoms. The van der Waals surface area contributed by atoms with E-state index in [9.17, 15) is 4.79 Å². The molecule has 0 aliphatic carbocycles. The number of nitrogens with zero attached hydrogens (tertiary/aromatic N) is 2. The molecule has 2 heterocycles. The number of ether oxygens (including phenoxy) is 1. The lowest BCUT2D eigenvalue weighted by molar-refractivity contribution is -0.121. The van der Waals surface area contributed by atoms with Gasteiger partial charge in [-0.2, -0.15) is 0 Å². The van der Waals surface area contributed by atoms with Gasteiger partial charge >= 0.3 is 0 Å². The predicted octanol–water partition coefficient (Wildman–Crippen LogP) is 4.56. The van der Waals surface area contributed by atoms with E-state index >= 15 is 0 Å². The number of carbonyl (C=O) groups is 1. The normalized spacial score (nSPS) is 15.7. The van der Waals surface area contributed by atoms with Gasteiger partial charge in [0.05, 0.1) is 13.2 Å². The summed E-state index contributed by atoms with van der Waals surface area (Å²) in [7, 11) is 1.69. The number of benzene rings is 2. The van der Waals surface area contributed by atoms with E-state index in [1.54, 1.807) is 18.4 Å². The van der Waals surface area contributed by atoms with E-state index in [2.05, 4.69) is 50.8 Å². The second-order valence-electron chi connectivity index (χ2n) is 8.06. The van der Waals surface area contributed by atoms with Crippen molar-refractivity contribution in [3.05, 3.63) is 82.6 Å². The van der Waals surface area contributed by atoms with Crippen LogP contribution >= 0.6 is 11.3 Å². The molecule has 1 N–H and O–H groups in total. The second kappa shape index (κ2) is 11.2. The zero-order valence-corrected chi connectivity index (χ0v) is 19.4. The van der Waals surface area contributed by atoms with Gasteiger partial charge < -0.3 is 19.9 Å². The van der Waals surface area contributed by atoms with Crippen molar-refractivity contribution in [2.75, 3.05) is 44.7 Å². The number of nitrogens with one attached hydrogen (secondary N) is 1. The molecule has 1 saturated heterocycles. The molecule has 4 rings (SSSR count). The minimum absolute atomic E-state index is 0.0848. The monoisotopic (exact) mass is 449 g/mol. The number of rotatable bonds is 8. The highest BCUT2D eigenvalue weighted by molar-refractivity contribution is 7.10. The molecule has 1 atom stereocenters. The van der Waals surface area contributed by atoms with E-state index in [1.165, 1.54) is 5.69 Å². The molecule has 3 aromatic rings. The molecule has 168 valence electrons. The van der Waals surface area contributed by atoms with E-state index < -0.39 is 0 Å². The zero-order valence-electron chi connectivity index (χ0n) is 18.6. The molecule has 2 aromatic carbocycles. The number of amides is 1. The zero-order chi connectivity index (χ0) is 22.2. The molecule has 5 nitrogen and oxygen atoms in total. The van der Waals surface area contributed by atoms with Crippen LogP contribution in [0.3, 0.4) is 0 Å². The quantitative estimate of drug-likeness (QED) is 0.547. The van der Waals surface area contributed by atoms with Crippen LogP contribution in [-0.2, 0) is 4.79 Å². The van der Waals surface area contributed by atoms with Crippen LogP contribution in [0.5, 0.6) is 5.75 Å². The third kappa shape index (κ3) is 5.90. The van der Waals surface area contributed by atoms with Gasteiger partial charge in [0, 0.05) is 43.2 Å². The summed E-state index contributed by atoms with van der Waals surface area (Å²) >= 11 is 1.68. The lowest BCUT2D eigenvalue weighted by atomic mass is 10.1. The summed E-state index contributed by atoms with van der Waals surface area (Å²) in [4.78, 5) is 18.8. The number of carbonyl (C=O) groups excluding carboxylic acids is 1. The molecule has 0 spiro atoms. The Morgan fingerprint density at radius 1 is 1.00 bits per heavy atom. The maximum Gasteiger partial charge on any atom is 0.222 e. The van der Waals surface area contributed by atoms with Gasteiger partial charge in [-0.3, -0.25) is 4.79 Å². The summed E-state index contributed by atoms with van der Waals surface area (Å²) in [5.74, 6) is 0.982. The minimum atomic E-state index is -0.0848. The van der Waals surface area contributed by atoms with Crippen molar-refractivity contribution in [2.24, 2.45) is 0 Å². The number of thiophene rings is 1. The largest absolute Gasteiger partial charge is 0.497 e. The fourth-order valence-electron chi connectivity index (χ4n) is 4.16. The molecule has 1 amide bonds. The van der Waals surface area contributed by atoms with Crippen molar-refractivity contribution >= 4 is 22.9 Å². The SMILES string of the molecule is COc1ccc(N2CCCN(CCC(=O)NC(c3ccccc3)c3cccs3)CC2)cc1. The van der Waals surface area contributed by atoms with Gasteiger partial charge in [0.2, 0.25) is 5.91 Å². The Kier molecular flexibility index (Phi) is 7.80. The van der Waals surface area contributed by atoms with Gasteiger partial charge in [-0.1, -0.05) is 36.4 Å². The molecule has 0 saturated carbocycles. The van der Waals surface area contributed by atoms with Gasteiger partial charge in [0.15, 0.2) is 0 Å². The molecular weight excluding hydrogens is 418 g/mol. The van der Waals surface area contributed by atoms with E-state index in [1.807, 2.05) is 36.4 Å². The molecule has 1 aliphatic heterocycles. The Bertz CT molecular complexity index is 961. The first-order valence-corrected chi connectivity index (χ1v) is 12.1. The summed E-state index contributed by atoms with van der Waals surface area (Å²) in [6.45, 7) is 4.77. The molecule has 0 radical (unpaired) electrons. The summed E-state index contributed by atoms with van der Waals surface area (Å²) in [6, 6.07) is 22.5. The van der Waals surface area contributed by atoms with Crippen LogP contribution in [0.1, 0.15) is 29.3 Å². The number of anilines is 1. The number of hydrogen-bond acceptors (Lipinski definition) is 5. The van der Waals surface area contributed by atoms with Crippen molar-refractivity contribution < 1.29 is 9.53 Å². The van der Waals surface area contributed by atoms with Gasteiger partial charge in [-0.25, -0.2) is 0 Å². The summed E-state index contributed by atoms with van der Waals surface area (Å²) < 4.78 is 5.27. The highest BCUT2D eigenvalue weighted by atomic mass is 32.1. The topological polar surface area (TPSA) is 44.8 Å². The van der Waals surface area contributed by atoms with Crippen molar-refractivity contribution in [2.45, 2.75) is 18.9 Å². The van der Waals surface area contributed by atoms with Crippen molar-refractivity contribution in [1.29, 1.82) is 0 Å². The first-order valence-electron chi connectivity index (χ1n) is 11.2. The van der Waals surface area contributed by atoms with Crippen LogP contribution in [0.15, 0.2) is 72.1 Å². The Morgan fingerprint density at radius 2 is 1.81 bits per heavy atom. The molecular formula is C26H31N3O2S. The standard InChI is InChI=1S/C26H31N3O2S/c1-31-23-12-10-22(11-13-23)29-16-6-15-28(18-19-29)17-14-25(30)27-26(24-9-5-20-32-24)21-7-3-2-4-8-21/h2-5,7-13,20,26H,6,14-19H2,1H3,(H,27,30). The molecule has 1 fully saturated rings. The van der Waals surface area contributed by atoms with E-state index in [4.69, 9.17) is 4.74 Å². The fraction of sp³-hybridized carbons (Fsp3) is 0.346. The summed E-state index contributed by atoms with van der Waals surface area (Å²) in [6.07, 6.45) is 1.60. The number of hydrogen-bond donors (Lipinski definition) is 1. The van der Waals surface area contributed by atoms with Gasteiger partial charge in [-0.15, -0.1) is 11.3 Å². The smallest absolute Gasteiger partial charge is 0.222 e. The fourth-order valence-corrected chi connectivity index (χ4v) is 4.96. The van der Waals surface area contributed by atoms with Gasteiger partial charge in [-0.05, 0) is 54.2 Å². The minimum Gasteiger partial charge on any atom is -0.497 e. The third-order valence-corrected chi connectivity index (χ3v) is 6.88. The lowest BCUT2D eigenvalue weighted by Gasteiger charge is -2.24. The van der Waals surface area contributed by atoms with E-state index in [-0.39, 0.29) is 11.9 Å². The highest BCUT2D eigenvalue weighted by Gasteiger charge is 2.20. The second-order valence-corrected chi connectivity index (χ2v) is 9.04. The average Bonchev–Trinajstić information content (AvgIpc) is 3.27. The van der Waals surface area contributed by atoms with Crippen LogP contribution in [0.25, 0.3) is 0 Å². The van der Waals surface area contributed by atoms with E-state index in [0.717, 1.165) is 55.3 Å². The maximum atomic E-state index is 12.8. The highest BCUT2D eigenvalue weighted by Crippen LogP contribution is 2.26. The predicted molar refractivity (Wildman–Crippen MR) is 132 cm³/mol. The first kappa shape index (κ1) is 22.4. The Hall–Kier alpha value is -2.83. The van der Waals surface area contributed by atoms with Crippen LogP contribution in [0.4, 0.5) is 5.69 Å². The Balaban J connectivity index is 1.29. The average molecular weight is 450 g/mol. The van der Waals surface area contributed by atoms with Crippen molar-refractivity contribution in [1.82, 2.24) is 10.2 Å². The van der Waals surface area contributed by atoms with Crippen LogP contribution < -0.4 is 15.0 Å². The van der Waals surface area contributed by atoms with E-state index in [0.29, 0.717) is 6.42 Å². The number of methoxy groups -OCH3 is 1. The summed E-state index contributed by atoms with van der Waals surface area (Å²) in [5, 5.41) is 5.32. The van der Waals surface area contributed by atoms with Crippen LogP contribution in [-0.4, -0.2) is 50.6 Å². The van der Waals surface area contributed by atoms with Gasteiger partial charge in [0.1, 0.15) is 5.75 Å². The molecule has 1 aliphatic rings. The first-order chi connectivity index (χ1) is 15.7. The Labute approximate surface area is 194 Å². The van der Waals surface area contributed by atoms with Crippen molar-refractivity contribution in [3.63, 3.8) is 0 Å². The molecule has 0 bridgehead atoms. The molecule has 32 heavy (non-hydrogen) atoms.